The zero-order chi connectivity index (χ0) is 29.3. The van der Waals surface area contributed by atoms with Crippen LogP contribution in [0.1, 0.15) is 41.1 Å². The summed E-state index contributed by atoms with van der Waals surface area (Å²) >= 11 is 0. The van der Waals surface area contributed by atoms with E-state index < -0.39 is 22.1 Å². The first-order chi connectivity index (χ1) is 19.5. The molecule has 3 aromatic carbocycles. The number of nitrogens with zero attached hydrogens (tertiary/aromatic N) is 1. The van der Waals surface area contributed by atoms with Gasteiger partial charge in [0.15, 0.2) is 0 Å². The zero-order valence-electron chi connectivity index (χ0n) is 22.1. The summed E-state index contributed by atoms with van der Waals surface area (Å²) in [7, 11) is -3.66. The topological polar surface area (TPSA) is 155 Å². The standard InChI is InChI=1S/C29H28FN3O7S/c1-41(36,37)33(14-2-13-31)24-16-25-23(15-22(24)17-3-4-17)26(28(34)40-29(32)35)27(39-25)18-5-9-20(10-6-18)38-21-11-7-19(30)8-12-21/h5-12,15-17H,2-4,13-14,31H2,1H3,(H2,32,35). The average molecular weight is 582 g/mol. The minimum atomic E-state index is -3.66. The Morgan fingerprint density at radius 1 is 1.05 bits per heavy atom. The predicted molar refractivity (Wildman–Crippen MR) is 151 cm³/mol. The molecule has 0 unspecified atom stereocenters. The van der Waals surface area contributed by atoms with Gasteiger partial charge in [0.05, 0.1) is 11.9 Å². The summed E-state index contributed by atoms with van der Waals surface area (Å²) in [5.74, 6) is -0.321. The fraction of sp³-hybridized carbons (Fsp3) is 0.241. The first-order valence-electron chi connectivity index (χ1n) is 12.9. The molecule has 1 aliphatic carbocycles. The maximum atomic E-state index is 13.2. The van der Waals surface area contributed by atoms with Gasteiger partial charge in [0.1, 0.15) is 34.2 Å². The molecule has 41 heavy (non-hydrogen) atoms. The van der Waals surface area contributed by atoms with E-state index in [-0.39, 0.29) is 35.2 Å². The Morgan fingerprint density at radius 2 is 1.68 bits per heavy atom. The molecule has 0 atom stereocenters. The average Bonchev–Trinajstić information content (AvgIpc) is 3.69. The molecule has 4 N–H and O–H groups in total. The number of hydrogen-bond acceptors (Lipinski definition) is 8. The van der Waals surface area contributed by atoms with Crippen molar-refractivity contribution in [2.45, 2.75) is 25.2 Å². The minimum absolute atomic E-state index is 0.0210. The first-order valence-corrected chi connectivity index (χ1v) is 14.7. The second-order valence-corrected chi connectivity index (χ2v) is 11.7. The van der Waals surface area contributed by atoms with E-state index in [2.05, 4.69) is 0 Å². The SMILES string of the molecule is CS(=O)(=O)N(CCCN)c1cc2oc(-c3ccc(Oc4ccc(F)cc4)cc3)c(C(=O)OC(N)=O)c2cc1C1CC1. The van der Waals surface area contributed by atoms with Gasteiger partial charge in [0.25, 0.3) is 0 Å². The second kappa shape index (κ2) is 11.2. The van der Waals surface area contributed by atoms with Gasteiger partial charge in [-0.1, -0.05) is 0 Å². The monoisotopic (exact) mass is 581 g/mol. The molecule has 1 fully saturated rings. The summed E-state index contributed by atoms with van der Waals surface area (Å²) in [5, 5.41) is 0.357. The van der Waals surface area contributed by atoms with Gasteiger partial charge >= 0.3 is 12.1 Å². The quantitative estimate of drug-likeness (QED) is 0.190. The van der Waals surface area contributed by atoms with Crippen molar-refractivity contribution in [1.29, 1.82) is 0 Å². The van der Waals surface area contributed by atoms with Crippen molar-refractivity contribution in [3.05, 3.63) is 77.6 Å². The number of fused-ring (bicyclic) bond motifs is 1. The highest BCUT2D eigenvalue weighted by Gasteiger charge is 2.33. The molecule has 0 saturated heterocycles. The minimum Gasteiger partial charge on any atom is -0.457 e. The number of rotatable bonds is 10. The van der Waals surface area contributed by atoms with Crippen LogP contribution in [-0.2, 0) is 14.8 Å². The number of hydrogen-bond donors (Lipinski definition) is 2. The van der Waals surface area contributed by atoms with E-state index in [1.54, 1.807) is 36.4 Å². The van der Waals surface area contributed by atoms with Crippen molar-refractivity contribution in [1.82, 2.24) is 0 Å². The van der Waals surface area contributed by atoms with Crippen LogP contribution >= 0.6 is 0 Å². The number of halogens is 1. The first kappa shape index (κ1) is 28.1. The Labute approximate surface area is 235 Å². The van der Waals surface area contributed by atoms with Gasteiger partial charge in [-0.05, 0) is 91.9 Å². The van der Waals surface area contributed by atoms with E-state index in [1.807, 2.05) is 0 Å². The summed E-state index contributed by atoms with van der Waals surface area (Å²) in [6.07, 6.45) is 2.01. The number of ether oxygens (including phenoxy) is 2. The number of amides is 1. The summed E-state index contributed by atoms with van der Waals surface area (Å²) in [4.78, 5) is 24.6. The van der Waals surface area contributed by atoms with E-state index in [0.717, 1.165) is 24.7 Å². The molecule has 214 valence electrons. The Morgan fingerprint density at radius 3 is 2.24 bits per heavy atom. The summed E-state index contributed by atoms with van der Waals surface area (Å²) < 4.78 is 56.7. The Hall–Kier alpha value is -4.42. The molecule has 1 amide bonds. The normalized spacial score (nSPS) is 13.2. The molecule has 0 aliphatic heterocycles. The van der Waals surface area contributed by atoms with E-state index in [4.69, 9.17) is 25.4 Å². The number of furan rings is 1. The van der Waals surface area contributed by atoms with Crippen LogP contribution in [0.4, 0.5) is 14.9 Å². The van der Waals surface area contributed by atoms with E-state index in [0.29, 0.717) is 41.1 Å². The molecule has 1 aliphatic rings. The lowest BCUT2D eigenvalue weighted by molar-refractivity contribution is 0.0640. The smallest absolute Gasteiger partial charge is 0.412 e. The number of carbonyl (C=O) groups excluding carboxylic acids is 2. The lowest BCUT2D eigenvalue weighted by Gasteiger charge is -2.25. The van der Waals surface area contributed by atoms with Gasteiger partial charge in [-0.25, -0.2) is 22.4 Å². The number of primary amides is 1. The third-order valence-electron chi connectivity index (χ3n) is 6.65. The summed E-state index contributed by atoms with van der Waals surface area (Å²) in [6.45, 7) is 0.488. The fourth-order valence-electron chi connectivity index (χ4n) is 4.65. The molecule has 1 heterocycles. The number of carbonyl (C=O) groups is 2. The highest BCUT2D eigenvalue weighted by Crippen LogP contribution is 2.48. The second-order valence-electron chi connectivity index (χ2n) is 9.75. The maximum Gasteiger partial charge on any atom is 0.412 e. The number of sulfonamides is 1. The highest BCUT2D eigenvalue weighted by atomic mass is 32.2. The fourth-order valence-corrected chi connectivity index (χ4v) is 5.62. The largest absolute Gasteiger partial charge is 0.457 e. The van der Waals surface area contributed by atoms with Crippen molar-refractivity contribution in [3.8, 4) is 22.8 Å². The Balaban J connectivity index is 1.62. The van der Waals surface area contributed by atoms with Gasteiger partial charge in [0, 0.05) is 23.6 Å². The third kappa shape index (κ3) is 6.18. The van der Waals surface area contributed by atoms with Crippen LogP contribution in [0.5, 0.6) is 11.5 Å². The number of anilines is 1. The molecule has 0 spiro atoms. The molecule has 4 aromatic rings. The van der Waals surface area contributed by atoms with Crippen molar-refractivity contribution in [3.63, 3.8) is 0 Å². The summed E-state index contributed by atoms with van der Waals surface area (Å²) in [6, 6.07) is 15.4. The van der Waals surface area contributed by atoms with Gasteiger partial charge in [-0.15, -0.1) is 0 Å². The maximum absolute atomic E-state index is 13.2. The molecule has 5 rings (SSSR count). The van der Waals surface area contributed by atoms with E-state index in [1.165, 1.54) is 28.6 Å². The highest BCUT2D eigenvalue weighted by molar-refractivity contribution is 7.92. The molecule has 1 saturated carbocycles. The van der Waals surface area contributed by atoms with Crippen molar-refractivity contribution in [2.24, 2.45) is 11.5 Å². The van der Waals surface area contributed by atoms with Gasteiger partial charge in [-0.3, -0.25) is 4.31 Å². The Bertz CT molecular complexity index is 1710. The van der Waals surface area contributed by atoms with Crippen LogP contribution in [-0.4, -0.2) is 39.8 Å². The lowest BCUT2D eigenvalue weighted by Crippen LogP contribution is -2.32. The van der Waals surface area contributed by atoms with Crippen LogP contribution in [0.25, 0.3) is 22.3 Å². The number of esters is 1. The molecular formula is C29H28FN3O7S. The van der Waals surface area contributed by atoms with E-state index in [9.17, 15) is 22.4 Å². The molecule has 10 nitrogen and oxygen atoms in total. The molecule has 1 aromatic heterocycles. The molecule has 0 radical (unpaired) electrons. The van der Waals surface area contributed by atoms with E-state index >= 15 is 0 Å². The number of benzene rings is 3. The van der Waals surface area contributed by atoms with Gasteiger partial charge in [-0.2, -0.15) is 0 Å². The van der Waals surface area contributed by atoms with Crippen molar-refractivity contribution in [2.75, 3.05) is 23.7 Å². The van der Waals surface area contributed by atoms with Gasteiger partial charge < -0.3 is 25.4 Å². The van der Waals surface area contributed by atoms with Crippen LogP contribution in [0.15, 0.2) is 65.1 Å². The van der Waals surface area contributed by atoms with Crippen LogP contribution in [0.2, 0.25) is 0 Å². The molecular weight excluding hydrogens is 553 g/mol. The summed E-state index contributed by atoms with van der Waals surface area (Å²) in [5.41, 5.74) is 12.7. The predicted octanol–water partition coefficient (Wildman–Crippen LogP) is 5.26. The Kier molecular flexibility index (Phi) is 7.70. The van der Waals surface area contributed by atoms with Crippen LogP contribution in [0, 0.1) is 5.82 Å². The zero-order valence-corrected chi connectivity index (χ0v) is 22.9. The van der Waals surface area contributed by atoms with Gasteiger partial charge in [0.2, 0.25) is 10.0 Å². The lowest BCUT2D eigenvalue weighted by atomic mass is 10.0. The van der Waals surface area contributed by atoms with Crippen molar-refractivity contribution < 1.29 is 36.3 Å². The molecule has 12 heteroatoms. The third-order valence-corrected chi connectivity index (χ3v) is 7.83. The van der Waals surface area contributed by atoms with Crippen LogP contribution in [0.3, 0.4) is 0 Å². The van der Waals surface area contributed by atoms with Crippen LogP contribution < -0.4 is 20.5 Å². The number of nitrogens with two attached hydrogens (primary N) is 2. The van der Waals surface area contributed by atoms with Crippen molar-refractivity contribution >= 4 is 38.7 Å². The molecule has 0 bridgehead atoms.